The Kier molecular flexibility index (Phi) is 5.32. The summed E-state index contributed by atoms with van der Waals surface area (Å²) in [4.78, 5) is 10.9. The van der Waals surface area contributed by atoms with E-state index in [0.717, 1.165) is 0 Å². The fourth-order valence-electron chi connectivity index (χ4n) is 0.657. The molecule has 4 heteroatoms. The molecule has 0 saturated carbocycles. The van der Waals surface area contributed by atoms with Gasteiger partial charge in [0, 0.05) is 12.3 Å². The Morgan fingerprint density at radius 2 is 2.18 bits per heavy atom. The topological polar surface area (TPSA) is 49.3 Å². The van der Waals surface area contributed by atoms with Gasteiger partial charge in [0.1, 0.15) is 0 Å². The predicted octanol–water partition coefficient (Wildman–Crippen LogP) is 0.235. The number of nitrogens with one attached hydrogen (secondary N) is 1. The lowest BCUT2D eigenvalue weighted by atomic mass is 10.4. The van der Waals surface area contributed by atoms with E-state index in [2.05, 4.69) is 5.32 Å². The van der Waals surface area contributed by atoms with E-state index in [1.807, 2.05) is 13.8 Å². The van der Waals surface area contributed by atoms with E-state index in [1.54, 1.807) is 7.05 Å². The predicted molar refractivity (Wildman–Crippen MR) is 47.7 cm³/mol. The fraction of sp³-hybridized carbons (Fsp3) is 0.857. The number of aliphatic hydroxyl groups is 1. The van der Waals surface area contributed by atoms with E-state index in [1.165, 1.54) is 11.8 Å². The van der Waals surface area contributed by atoms with E-state index in [4.69, 9.17) is 5.11 Å². The summed E-state index contributed by atoms with van der Waals surface area (Å²) in [6.07, 6.45) is 0. The van der Waals surface area contributed by atoms with Crippen LogP contribution in [0.15, 0.2) is 0 Å². The monoisotopic (exact) mass is 177 g/mol. The molecule has 0 aliphatic heterocycles. The van der Waals surface area contributed by atoms with Gasteiger partial charge in [0.15, 0.2) is 0 Å². The van der Waals surface area contributed by atoms with Crippen molar-refractivity contribution in [1.82, 2.24) is 5.32 Å². The van der Waals surface area contributed by atoms with Gasteiger partial charge in [0.25, 0.3) is 0 Å². The molecule has 66 valence electrons. The summed E-state index contributed by atoms with van der Waals surface area (Å²) in [5.74, 6) is 0.00954. The zero-order chi connectivity index (χ0) is 8.85. The number of aliphatic hydroxyl groups excluding tert-OH is 1. The maximum Gasteiger partial charge on any atom is 0.232 e. The van der Waals surface area contributed by atoms with Crippen molar-refractivity contribution in [1.29, 1.82) is 0 Å². The maximum atomic E-state index is 10.9. The summed E-state index contributed by atoms with van der Waals surface area (Å²) < 4.78 is 0. The quantitative estimate of drug-likeness (QED) is 0.646. The highest BCUT2D eigenvalue weighted by Crippen LogP contribution is 2.16. The lowest BCUT2D eigenvalue weighted by Gasteiger charge is -2.13. The Hall–Kier alpha value is -0.220. The zero-order valence-corrected chi connectivity index (χ0v) is 7.94. The van der Waals surface area contributed by atoms with Crippen LogP contribution in [0.5, 0.6) is 0 Å². The summed E-state index contributed by atoms with van der Waals surface area (Å²) in [5.41, 5.74) is 0. The Bertz CT molecular complexity index is 130. The third-order valence-electron chi connectivity index (χ3n) is 1.31. The molecule has 2 unspecified atom stereocenters. The Balaban J connectivity index is 3.67. The van der Waals surface area contributed by atoms with Gasteiger partial charge in [0.2, 0.25) is 5.91 Å². The normalized spacial score (nSPS) is 15.6. The molecule has 2 atom stereocenters. The molecule has 0 fully saturated rings. The molecule has 0 rings (SSSR count). The highest BCUT2D eigenvalue weighted by Gasteiger charge is 2.14. The van der Waals surface area contributed by atoms with Crippen molar-refractivity contribution in [2.45, 2.75) is 24.3 Å². The van der Waals surface area contributed by atoms with Gasteiger partial charge in [-0.3, -0.25) is 4.79 Å². The van der Waals surface area contributed by atoms with E-state index >= 15 is 0 Å². The number of hydrogen-bond donors (Lipinski definition) is 2. The van der Waals surface area contributed by atoms with Gasteiger partial charge in [-0.25, -0.2) is 0 Å². The molecule has 0 aromatic heterocycles. The first-order valence-corrected chi connectivity index (χ1v) is 4.54. The molecule has 0 aliphatic carbocycles. The van der Waals surface area contributed by atoms with Crippen LogP contribution in [0.4, 0.5) is 0 Å². The first-order chi connectivity index (χ1) is 5.11. The molecule has 3 nitrogen and oxygen atoms in total. The number of carbonyl (C=O) groups excluding carboxylic acids is 1. The second-order valence-electron chi connectivity index (χ2n) is 2.39. The average molecular weight is 177 g/mol. The van der Waals surface area contributed by atoms with Gasteiger partial charge < -0.3 is 10.4 Å². The van der Waals surface area contributed by atoms with E-state index < -0.39 is 0 Å². The summed E-state index contributed by atoms with van der Waals surface area (Å²) in [6, 6.07) is 0. The fourth-order valence-corrected chi connectivity index (χ4v) is 1.68. The summed E-state index contributed by atoms with van der Waals surface area (Å²) in [7, 11) is 1.61. The molecular weight excluding hydrogens is 162 g/mol. The van der Waals surface area contributed by atoms with E-state index in [9.17, 15) is 4.79 Å². The molecule has 0 radical (unpaired) electrons. The highest BCUT2D eigenvalue weighted by atomic mass is 32.2. The lowest BCUT2D eigenvalue weighted by Crippen LogP contribution is -2.28. The van der Waals surface area contributed by atoms with Crippen molar-refractivity contribution in [3.8, 4) is 0 Å². The molecule has 0 bridgehead atoms. The first-order valence-electron chi connectivity index (χ1n) is 3.59. The van der Waals surface area contributed by atoms with Crippen molar-refractivity contribution >= 4 is 17.7 Å². The van der Waals surface area contributed by atoms with Crippen LogP contribution in [-0.4, -0.2) is 35.2 Å². The molecule has 1 amide bonds. The molecule has 0 aromatic rings. The maximum absolute atomic E-state index is 10.9. The van der Waals surface area contributed by atoms with Gasteiger partial charge >= 0.3 is 0 Å². The number of amides is 1. The number of carbonyl (C=O) groups is 1. The van der Waals surface area contributed by atoms with Gasteiger partial charge in [-0.05, 0) is 6.92 Å². The first kappa shape index (κ1) is 10.8. The second-order valence-corrected chi connectivity index (χ2v) is 4.17. The minimum atomic E-state index is -0.0813. The highest BCUT2D eigenvalue weighted by molar-refractivity contribution is 8.01. The Morgan fingerprint density at radius 1 is 1.64 bits per heavy atom. The van der Waals surface area contributed by atoms with Gasteiger partial charge in [-0.15, -0.1) is 11.8 Å². The van der Waals surface area contributed by atoms with E-state index in [-0.39, 0.29) is 23.0 Å². The van der Waals surface area contributed by atoms with Crippen LogP contribution in [0, 0.1) is 0 Å². The Morgan fingerprint density at radius 3 is 2.55 bits per heavy atom. The average Bonchev–Trinajstić information content (AvgIpc) is 2.02. The van der Waals surface area contributed by atoms with Crippen LogP contribution < -0.4 is 5.32 Å². The number of hydrogen-bond acceptors (Lipinski definition) is 3. The van der Waals surface area contributed by atoms with Crippen LogP contribution in [0.25, 0.3) is 0 Å². The third kappa shape index (κ3) is 4.27. The van der Waals surface area contributed by atoms with Crippen molar-refractivity contribution in [3.63, 3.8) is 0 Å². The molecule has 2 N–H and O–H groups in total. The van der Waals surface area contributed by atoms with Crippen LogP contribution in [-0.2, 0) is 4.79 Å². The van der Waals surface area contributed by atoms with Crippen molar-refractivity contribution in [2.75, 3.05) is 13.7 Å². The molecule has 0 heterocycles. The molecule has 0 spiro atoms. The van der Waals surface area contributed by atoms with Crippen molar-refractivity contribution < 1.29 is 9.90 Å². The summed E-state index contributed by atoms with van der Waals surface area (Å²) >= 11 is 1.47. The van der Waals surface area contributed by atoms with Crippen LogP contribution >= 0.6 is 11.8 Å². The number of rotatable bonds is 4. The second kappa shape index (κ2) is 5.43. The molecular formula is C7H15NO2S. The summed E-state index contributed by atoms with van der Waals surface area (Å²) in [6.45, 7) is 3.84. The minimum Gasteiger partial charge on any atom is -0.395 e. The minimum absolute atomic E-state index is 0.00954. The van der Waals surface area contributed by atoms with Gasteiger partial charge in [-0.2, -0.15) is 0 Å². The Labute approximate surface area is 71.6 Å². The molecule has 11 heavy (non-hydrogen) atoms. The van der Waals surface area contributed by atoms with Gasteiger partial charge in [0.05, 0.1) is 11.9 Å². The standard InChI is InChI=1S/C7H15NO2S/c1-5(4-9)11-6(2)7(10)8-3/h5-6,9H,4H2,1-3H3,(H,8,10). The smallest absolute Gasteiger partial charge is 0.232 e. The number of thioether (sulfide) groups is 1. The third-order valence-corrected chi connectivity index (χ3v) is 2.55. The van der Waals surface area contributed by atoms with Crippen LogP contribution in [0.1, 0.15) is 13.8 Å². The molecule has 0 aromatic carbocycles. The van der Waals surface area contributed by atoms with E-state index in [0.29, 0.717) is 0 Å². The SMILES string of the molecule is CNC(=O)C(C)SC(C)CO. The summed E-state index contributed by atoms with van der Waals surface area (Å²) in [5, 5.41) is 11.3. The van der Waals surface area contributed by atoms with Gasteiger partial charge in [-0.1, -0.05) is 6.92 Å². The largest absolute Gasteiger partial charge is 0.395 e. The van der Waals surface area contributed by atoms with Crippen LogP contribution in [0.3, 0.4) is 0 Å². The van der Waals surface area contributed by atoms with Crippen LogP contribution in [0.2, 0.25) is 0 Å². The molecule has 0 aliphatic rings. The zero-order valence-electron chi connectivity index (χ0n) is 7.13. The van der Waals surface area contributed by atoms with Crippen molar-refractivity contribution in [2.24, 2.45) is 0 Å². The lowest BCUT2D eigenvalue weighted by molar-refractivity contribution is -0.119. The van der Waals surface area contributed by atoms with Crippen molar-refractivity contribution in [3.05, 3.63) is 0 Å². The molecule has 0 saturated heterocycles.